The van der Waals surface area contributed by atoms with Crippen LogP contribution >= 0.6 is 0 Å². The average Bonchev–Trinajstić information content (AvgIpc) is 3.02. The van der Waals surface area contributed by atoms with Gasteiger partial charge in [-0.15, -0.1) is 0 Å². The SMILES string of the molecule is CCN1CCc2cc(OC)c(OC)c3c2C1Cc1c[nH]cc1-3. The Labute approximate surface area is 131 Å². The fourth-order valence-corrected chi connectivity index (χ4v) is 4.13. The molecule has 22 heavy (non-hydrogen) atoms. The minimum absolute atomic E-state index is 0.451. The monoisotopic (exact) mass is 298 g/mol. The van der Waals surface area contributed by atoms with Gasteiger partial charge >= 0.3 is 0 Å². The van der Waals surface area contributed by atoms with Crippen molar-refractivity contribution in [1.29, 1.82) is 0 Å². The molecule has 4 heteroatoms. The lowest BCUT2D eigenvalue weighted by Gasteiger charge is -2.41. The molecule has 1 aromatic heterocycles. The van der Waals surface area contributed by atoms with Crippen molar-refractivity contribution < 1.29 is 9.47 Å². The molecule has 2 aliphatic rings. The highest BCUT2D eigenvalue weighted by Crippen LogP contribution is 2.52. The number of rotatable bonds is 3. The van der Waals surface area contributed by atoms with Gasteiger partial charge in [-0.3, -0.25) is 4.90 Å². The van der Waals surface area contributed by atoms with Gasteiger partial charge in [0.25, 0.3) is 0 Å². The highest BCUT2D eigenvalue weighted by Gasteiger charge is 2.37. The van der Waals surface area contributed by atoms with Gasteiger partial charge in [0, 0.05) is 36.1 Å². The summed E-state index contributed by atoms with van der Waals surface area (Å²) in [6.07, 6.45) is 6.36. The topological polar surface area (TPSA) is 37.5 Å². The number of H-pyrrole nitrogens is 1. The zero-order valence-electron chi connectivity index (χ0n) is 13.4. The molecular weight excluding hydrogens is 276 g/mol. The molecule has 1 aromatic carbocycles. The van der Waals surface area contributed by atoms with E-state index in [0.717, 1.165) is 37.4 Å². The number of likely N-dealkylation sites (N-methyl/N-ethyl adjacent to an activating group) is 1. The van der Waals surface area contributed by atoms with Crippen LogP contribution in [0.2, 0.25) is 0 Å². The van der Waals surface area contributed by atoms with Crippen LogP contribution in [0.25, 0.3) is 11.1 Å². The van der Waals surface area contributed by atoms with Crippen LogP contribution in [0, 0.1) is 0 Å². The number of nitrogens with zero attached hydrogens (tertiary/aromatic N) is 1. The summed E-state index contributed by atoms with van der Waals surface area (Å²) in [4.78, 5) is 5.85. The third-order valence-electron chi connectivity index (χ3n) is 5.16. The first-order valence-corrected chi connectivity index (χ1v) is 7.96. The van der Waals surface area contributed by atoms with Crippen molar-refractivity contribution in [3.8, 4) is 22.6 Å². The quantitative estimate of drug-likeness (QED) is 0.945. The molecule has 2 heterocycles. The van der Waals surface area contributed by atoms with E-state index in [0.29, 0.717) is 6.04 Å². The number of methoxy groups -OCH3 is 2. The number of fused-ring (bicyclic) bond motifs is 2. The Morgan fingerprint density at radius 2 is 2.09 bits per heavy atom. The molecular formula is C18H22N2O2. The van der Waals surface area contributed by atoms with Crippen molar-refractivity contribution in [2.75, 3.05) is 27.3 Å². The Hall–Kier alpha value is -1.94. The largest absolute Gasteiger partial charge is 0.493 e. The Morgan fingerprint density at radius 3 is 2.82 bits per heavy atom. The molecule has 0 radical (unpaired) electrons. The summed E-state index contributed by atoms with van der Waals surface area (Å²) in [6.45, 7) is 4.44. The van der Waals surface area contributed by atoms with Crippen LogP contribution in [-0.2, 0) is 12.8 Å². The maximum atomic E-state index is 5.74. The number of hydrogen-bond acceptors (Lipinski definition) is 3. The number of hydrogen-bond donors (Lipinski definition) is 1. The number of aromatic amines is 1. The van der Waals surface area contributed by atoms with Gasteiger partial charge in [-0.1, -0.05) is 6.92 Å². The highest BCUT2D eigenvalue weighted by molar-refractivity contribution is 5.83. The Balaban J connectivity index is 2.04. The fourth-order valence-electron chi connectivity index (χ4n) is 4.13. The van der Waals surface area contributed by atoms with Crippen LogP contribution in [0.3, 0.4) is 0 Å². The first kappa shape index (κ1) is 13.7. The lowest BCUT2D eigenvalue weighted by Crippen LogP contribution is -2.38. The van der Waals surface area contributed by atoms with Crippen LogP contribution < -0.4 is 9.47 Å². The summed E-state index contributed by atoms with van der Waals surface area (Å²) in [6, 6.07) is 2.63. The standard InChI is InChI=1S/C18H22N2O2/c1-4-20-6-5-11-8-15(21-2)18(22-3)17-13-10-19-9-12(13)7-14(20)16(11)17/h8-10,14,19H,4-7H2,1-3H3. The van der Waals surface area contributed by atoms with Crippen LogP contribution in [-0.4, -0.2) is 37.2 Å². The van der Waals surface area contributed by atoms with Gasteiger partial charge in [0.05, 0.1) is 14.2 Å². The number of aromatic nitrogens is 1. The third kappa shape index (κ3) is 1.73. The van der Waals surface area contributed by atoms with Crippen molar-refractivity contribution in [3.05, 3.63) is 35.2 Å². The maximum Gasteiger partial charge on any atom is 0.168 e. The Morgan fingerprint density at radius 1 is 1.23 bits per heavy atom. The molecule has 116 valence electrons. The third-order valence-corrected chi connectivity index (χ3v) is 5.16. The molecule has 0 bridgehead atoms. The van der Waals surface area contributed by atoms with E-state index in [1.807, 2.05) is 0 Å². The summed E-state index contributed by atoms with van der Waals surface area (Å²) in [5.41, 5.74) is 6.71. The van der Waals surface area contributed by atoms with Crippen molar-refractivity contribution in [2.45, 2.75) is 25.8 Å². The zero-order valence-corrected chi connectivity index (χ0v) is 13.4. The van der Waals surface area contributed by atoms with Crippen molar-refractivity contribution >= 4 is 0 Å². The van der Waals surface area contributed by atoms with Gasteiger partial charge in [-0.25, -0.2) is 0 Å². The first-order chi connectivity index (χ1) is 10.8. The van der Waals surface area contributed by atoms with Gasteiger partial charge < -0.3 is 14.5 Å². The molecule has 1 aliphatic carbocycles. The van der Waals surface area contributed by atoms with E-state index in [-0.39, 0.29) is 0 Å². The van der Waals surface area contributed by atoms with Gasteiger partial charge in [-0.05, 0) is 42.1 Å². The average molecular weight is 298 g/mol. The second-order valence-corrected chi connectivity index (χ2v) is 6.05. The molecule has 4 rings (SSSR count). The van der Waals surface area contributed by atoms with Crippen molar-refractivity contribution in [3.63, 3.8) is 0 Å². The highest BCUT2D eigenvalue weighted by atomic mass is 16.5. The van der Waals surface area contributed by atoms with E-state index >= 15 is 0 Å². The second kappa shape index (κ2) is 5.06. The van der Waals surface area contributed by atoms with E-state index in [1.54, 1.807) is 14.2 Å². The second-order valence-electron chi connectivity index (χ2n) is 6.05. The minimum Gasteiger partial charge on any atom is -0.493 e. The smallest absolute Gasteiger partial charge is 0.168 e. The van der Waals surface area contributed by atoms with E-state index in [2.05, 4.69) is 35.3 Å². The van der Waals surface area contributed by atoms with Crippen molar-refractivity contribution in [2.24, 2.45) is 0 Å². The molecule has 2 aromatic rings. The van der Waals surface area contributed by atoms with Crippen LogP contribution in [0.5, 0.6) is 11.5 Å². The van der Waals surface area contributed by atoms with E-state index in [4.69, 9.17) is 9.47 Å². The molecule has 4 nitrogen and oxygen atoms in total. The predicted molar refractivity (Wildman–Crippen MR) is 86.7 cm³/mol. The van der Waals surface area contributed by atoms with Crippen LogP contribution in [0.4, 0.5) is 0 Å². The first-order valence-electron chi connectivity index (χ1n) is 7.96. The molecule has 0 saturated heterocycles. The van der Waals surface area contributed by atoms with Crippen LogP contribution in [0.15, 0.2) is 18.5 Å². The minimum atomic E-state index is 0.451. The number of ether oxygens (including phenoxy) is 2. The molecule has 0 spiro atoms. The Bertz CT molecular complexity index is 720. The normalized spacial score (nSPS) is 19.5. The van der Waals surface area contributed by atoms with E-state index in [9.17, 15) is 0 Å². The molecule has 0 amide bonds. The summed E-state index contributed by atoms with van der Waals surface area (Å²) >= 11 is 0. The number of nitrogens with one attached hydrogen (secondary N) is 1. The summed E-state index contributed by atoms with van der Waals surface area (Å²) in [5.74, 6) is 1.71. The number of benzene rings is 1. The van der Waals surface area contributed by atoms with E-state index in [1.165, 1.54) is 27.8 Å². The van der Waals surface area contributed by atoms with Crippen molar-refractivity contribution in [1.82, 2.24) is 9.88 Å². The summed E-state index contributed by atoms with van der Waals surface area (Å²) in [5, 5.41) is 0. The molecule has 0 fully saturated rings. The zero-order chi connectivity index (χ0) is 15.3. The van der Waals surface area contributed by atoms with E-state index < -0.39 is 0 Å². The van der Waals surface area contributed by atoms with Crippen LogP contribution in [0.1, 0.15) is 29.7 Å². The van der Waals surface area contributed by atoms with Gasteiger partial charge in [0.2, 0.25) is 0 Å². The fraction of sp³-hybridized carbons (Fsp3) is 0.444. The summed E-state index contributed by atoms with van der Waals surface area (Å²) in [7, 11) is 3.45. The molecule has 0 saturated carbocycles. The lowest BCUT2D eigenvalue weighted by atomic mass is 9.78. The molecule has 1 atom stereocenters. The summed E-state index contributed by atoms with van der Waals surface area (Å²) < 4.78 is 11.3. The molecule has 1 aliphatic heterocycles. The molecule has 1 N–H and O–H groups in total. The predicted octanol–water partition coefficient (Wildman–Crippen LogP) is 3.17. The molecule has 1 unspecified atom stereocenters. The lowest BCUT2D eigenvalue weighted by molar-refractivity contribution is 0.192. The van der Waals surface area contributed by atoms with Gasteiger partial charge in [0.1, 0.15) is 0 Å². The van der Waals surface area contributed by atoms with Gasteiger partial charge in [-0.2, -0.15) is 0 Å². The Kier molecular flexibility index (Phi) is 3.15. The maximum absolute atomic E-state index is 5.74. The van der Waals surface area contributed by atoms with Gasteiger partial charge in [0.15, 0.2) is 11.5 Å².